The van der Waals surface area contributed by atoms with E-state index < -0.39 is 6.04 Å². The second kappa shape index (κ2) is 10.7. The summed E-state index contributed by atoms with van der Waals surface area (Å²) in [5.74, 6) is 3.02. The van der Waals surface area contributed by atoms with Gasteiger partial charge in [-0.1, -0.05) is 6.07 Å². The number of hydrogen-bond donors (Lipinski definition) is 1. The fourth-order valence-corrected chi connectivity index (χ4v) is 4.70. The van der Waals surface area contributed by atoms with Crippen molar-refractivity contribution in [1.82, 2.24) is 4.90 Å². The second-order valence-electron chi connectivity index (χ2n) is 8.45. The van der Waals surface area contributed by atoms with Crippen LogP contribution in [0.4, 0.5) is 5.88 Å². The molecule has 8 heteroatoms. The predicted molar refractivity (Wildman–Crippen MR) is 133 cm³/mol. The first kappa shape index (κ1) is 24.5. The summed E-state index contributed by atoms with van der Waals surface area (Å²) in [4.78, 5) is 15.4. The Bertz CT molecular complexity index is 1160. The van der Waals surface area contributed by atoms with E-state index in [1.807, 2.05) is 37.3 Å². The van der Waals surface area contributed by atoms with Crippen LogP contribution in [0, 0.1) is 0 Å². The van der Waals surface area contributed by atoms with Crippen LogP contribution in [0.5, 0.6) is 23.0 Å². The van der Waals surface area contributed by atoms with E-state index >= 15 is 0 Å². The SMILES string of the molecule is COc1ccc(CC2c3cc(OC)c(OC)cc3CCN2C(C)C(=O)Nc2ccco2)cc1OC. The van der Waals surface area contributed by atoms with Gasteiger partial charge in [0.15, 0.2) is 28.9 Å². The number of amides is 1. The molecule has 2 aromatic carbocycles. The fourth-order valence-electron chi connectivity index (χ4n) is 4.70. The Balaban J connectivity index is 1.71. The van der Waals surface area contributed by atoms with Crippen LogP contribution in [0.1, 0.15) is 29.7 Å². The number of fused-ring (bicyclic) bond motifs is 1. The Morgan fingerprint density at radius 1 is 1.00 bits per heavy atom. The van der Waals surface area contributed by atoms with E-state index in [4.69, 9.17) is 23.4 Å². The highest BCUT2D eigenvalue weighted by molar-refractivity contribution is 5.93. The predicted octanol–water partition coefficient (Wildman–Crippen LogP) is 4.48. The summed E-state index contributed by atoms with van der Waals surface area (Å²) in [7, 11) is 6.52. The number of nitrogens with zero attached hydrogens (tertiary/aromatic N) is 1. The molecule has 0 saturated heterocycles. The summed E-state index contributed by atoms with van der Waals surface area (Å²) in [6, 6.07) is 13.0. The minimum Gasteiger partial charge on any atom is -0.493 e. The second-order valence-corrected chi connectivity index (χ2v) is 8.45. The lowest BCUT2D eigenvalue weighted by Gasteiger charge is -2.41. The minimum absolute atomic E-state index is 0.0750. The molecule has 0 saturated carbocycles. The number of hydrogen-bond acceptors (Lipinski definition) is 7. The third-order valence-corrected chi connectivity index (χ3v) is 6.57. The van der Waals surface area contributed by atoms with Crippen molar-refractivity contribution in [3.05, 3.63) is 65.4 Å². The van der Waals surface area contributed by atoms with Crippen molar-refractivity contribution < 1.29 is 28.2 Å². The molecule has 2 heterocycles. The highest BCUT2D eigenvalue weighted by atomic mass is 16.5. The van der Waals surface area contributed by atoms with Gasteiger partial charge in [0.25, 0.3) is 0 Å². The highest BCUT2D eigenvalue weighted by Crippen LogP contribution is 2.41. The zero-order valence-corrected chi connectivity index (χ0v) is 20.8. The van der Waals surface area contributed by atoms with Crippen LogP contribution in [0.2, 0.25) is 0 Å². The van der Waals surface area contributed by atoms with E-state index in [0.717, 1.165) is 17.5 Å². The van der Waals surface area contributed by atoms with Crippen molar-refractivity contribution in [2.45, 2.75) is 31.8 Å². The molecule has 2 atom stereocenters. The molecule has 186 valence electrons. The van der Waals surface area contributed by atoms with Gasteiger partial charge in [0.05, 0.1) is 40.7 Å². The topological polar surface area (TPSA) is 82.4 Å². The fraction of sp³-hybridized carbons (Fsp3) is 0.370. The van der Waals surface area contributed by atoms with Crippen molar-refractivity contribution in [2.24, 2.45) is 0 Å². The van der Waals surface area contributed by atoms with Crippen LogP contribution in [0.3, 0.4) is 0 Å². The summed E-state index contributed by atoms with van der Waals surface area (Å²) >= 11 is 0. The van der Waals surface area contributed by atoms with E-state index in [0.29, 0.717) is 41.8 Å². The lowest BCUT2D eigenvalue weighted by molar-refractivity contribution is -0.122. The number of carbonyl (C=O) groups excluding carboxylic acids is 1. The van der Waals surface area contributed by atoms with Crippen molar-refractivity contribution >= 4 is 11.8 Å². The molecule has 1 aliphatic heterocycles. The van der Waals surface area contributed by atoms with Gasteiger partial charge in [-0.15, -0.1) is 0 Å². The molecule has 0 spiro atoms. The molecule has 0 fully saturated rings. The molecule has 1 amide bonds. The Hall–Kier alpha value is -3.65. The van der Waals surface area contributed by atoms with Crippen molar-refractivity contribution in [3.63, 3.8) is 0 Å². The smallest absolute Gasteiger partial charge is 0.243 e. The van der Waals surface area contributed by atoms with Gasteiger partial charge in [-0.25, -0.2) is 0 Å². The van der Waals surface area contributed by atoms with Gasteiger partial charge in [-0.3, -0.25) is 15.0 Å². The molecule has 35 heavy (non-hydrogen) atoms. The minimum atomic E-state index is -0.397. The van der Waals surface area contributed by atoms with Crippen molar-refractivity contribution in [3.8, 4) is 23.0 Å². The van der Waals surface area contributed by atoms with Crippen LogP contribution in [0.15, 0.2) is 53.1 Å². The third-order valence-electron chi connectivity index (χ3n) is 6.57. The average molecular weight is 481 g/mol. The first-order valence-electron chi connectivity index (χ1n) is 11.5. The standard InChI is InChI=1S/C27H32N2O6/c1-17(27(30)28-26-7-6-12-35-26)29-11-10-19-15-24(33-4)25(34-5)16-20(19)21(29)13-18-8-9-22(31-2)23(14-18)32-3/h6-9,12,14-17,21H,10-11,13H2,1-5H3,(H,28,30). The third kappa shape index (κ3) is 5.07. The van der Waals surface area contributed by atoms with Gasteiger partial charge in [0.2, 0.25) is 5.91 Å². The number of nitrogens with one attached hydrogen (secondary N) is 1. The molecule has 2 unspecified atom stereocenters. The van der Waals surface area contributed by atoms with Gasteiger partial charge in [-0.2, -0.15) is 0 Å². The maximum Gasteiger partial charge on any atom is 0.243 e. The highest BCUT2D eigenvalue weighted by Gasteiger charge is 2.35. The molecule has 0 bridgehead atoms. The van der Waals surface area contributed by atoms with Gasteiger partial charge in [-0.05, 0) is 66.8 Å². The summed E-state index contributed by atoms with van der Waals surface area (Å²) in [5.41, 5.74) is 3.36. The van der Waals surface area contributed by atoms with E-state index in [2.05, 4.69) is 10.2 Å². The molecular formula is C27H32N2O6. The normalized spacial score (nSPS) is 16.2. The number of ether oxygens (including phenoxy) is 4. The van der Waals surface area contributed by atoms with Gasteiger partial charge < -0.3 is 23.4 Å². The quantitative estimate of drug-likeness (QED) is 0.483. The maximum absolute atomic E-state index is 13.1. The van der Waals surface area contributed by atoms with E-state index in [9.17, 15) is 4.79 Å². The van der Waals surface area contributed by atoms with Gasteiger partial charge >= 0.3 is 0 Å². The maximum atomic E-state index is 13.1. The summed E-state index contributed by atoms with van der Waals surface area (Å²) in [5, 5.41) is 2.87. The van der Waals surface area contributed by atoms with Crippen LogP contribution >= 0.6 is 0 Å². The van der Waals surface area contributed by atoms with Crippen LogP contribution < -0.4 is 24.3 Å². The number of rotatable bonds is 9. The number of benzene rings is 2. The Labute approximate surface area is 205 Å². The molecule has 1 aromatic heterocycles. The lowest BCUT2D eigenvalue weighted by atomic mass is 9.87. The van der Waals surface area contributed by atoms with Crippen LogP contribution in [-0.4, -0.2) is 51.8 Å². The van der Waals surface area contributed by atoms with Crippen LogP contribution in [-0.2, 0) is 17.6 Å². The Morgan fingerprint density at radius 2 is 1.69 bits per heavy atom. The number of carbonyl (C=O) groups is 1. The van der Waals surface area contributed by atoms with Gasteiger partial charge in [0.1, 0.15) is 0 Å². The molecule has 1 aliphatic rings. The summed E-state index contributed by atoms with van der Waals surface area (Å²) < 4.78 is 27.4. The molecule has 8 nitrogen and oxygen atoms in total. The Kier molecular flexibility index (Phi) is 7.51. The number of methoxy groups -OCH3 is 4. The lowest BCUT2D eigenvalue weighted by Crippen LogP contribution is -2.47. The van der Waals surface area contributed by atoms with E-state index in [1.54, 1.807) is 40.6 Å². The van der Waals surface area contributed by atoms with Gasteiger partial charge in [0, 0.05) is 18.7 Å². The summed E-state index contributed by atoms with van der Waals surface area (Å²) in [6.45, 7) is 2.64. The molecule has 0 radical (unpaired) electrons. The van der Waals surface area contributed by atoms with E-state index in [-0.39, 0.29) is 11.9 Å². The molecule has 3 aromatic rings. The molecular weight excluding hydrogens is 448 g/mol. The average Bonchev–Trinajstić information content (AvgIpc) is 3.40. The monoisotopic (exact) mass is 480 g/mol. The summed E-state index contributed by atoms with van der Waals surface area (Å²) in [6.07, 6.45) is 2.99. The number of anilines is 1. The molecule has 4 rings (SSSR count). The zero-order chi connectivity index (χ0) is 24.9. The Morgan fingerprint density at radius 3 is 2.34 bits per heavy atom. The first-order chi connectivity index (χ1) is 17.0. The van der Waals surface area contributed by atoms with Crippen molar-refractivity contribution in [1.29, 1.82) is 0 Å². The number of furan rings is 1. The first-order valence-corrected chi connectivity index (χ1v) is 11.5. The van der Waals surface area contributed by atoms with Crippen molar-refractivity contribution in [2.75, 3.05) is 40.3 Å². The van der Waals surface area contributed by atoms with Crippen LogP contribution in [0.25, 0.3) is 0 Å². The molecule has 0 aliphatic carbocycles. The largest absolute Gasteiger partial charge is 0.493 e. The molecule has 1 N–H and O–H groups in total. The zero-order valence-electron chi connectivity index (χ0n) is 20.8. The van der Waals surface area contributed by atoms with E-state index in [1.165, 1.54) is 11.8 Å².